The lowest BCUT2D eigenvalue weighted by Gasteiger charge is -2.24. The summed E-state index contributed by atoms with van der Waals surface area (Å²) in [7, 11) is 0. The molecule has 0 aromatic rings. The van der Waals surface area contributed by atoms with Crippen molar-refractivity contribution in [1.82, 2.24) is 5.32 Å². The molecule has 0 aromatic carbocycles. The topological polar surface area (TPSA) is 95.9 Å². The minimum absolute atomic E-state index is 0.0199. The first-order valence-corrected chi connectivity index (χ1v) is 24.0. The van der Waals surface area contributed by atoms with Crippen LogP contribution in [0.25, 0.3) is 0 Å². The third-order valence-corrected chi connectivity index (χ3v) is 10.2. The van der Waals surface area contributed by atoms with Crippen LogP contribution in [0.15, 0.2) is 97.2 Å². The number of carbonyl (C=O) groups excluding carboxylic acids is 2. The SMILES string of the molecule is CC/C=C/C=C/C=C\C=C/CCCCCC(=O)OC(C/C=C\C/C=C\C/C=C\C/C=C\CCCCC)CC(=O)NC(CO)C(O)CCCCCCCCCCCCCC. The highest BCUT2D eigenvalue weighted by molar-refractivity contribution is 5.77. The molecular formula is C53H89NO5. The van der Waals surface area contributed by atoms with E-state index in [4.69, 9.17) is 4.74 Å². The van der Waals surface area contributed by atoms with E-state index < -0.39 is 18.2 Å². The number of carbonyl (C=O) groups is 2. The van der Waals surface area contributed by atoms with Gasteiger partial charge in [0.05, 0.1) is 25.2 Å². The summed E-state index contributed by atoms with van der Waals surface area (Å²) in [6.45, 7) is 6.25. The van der Waals surface area contributed by atoms with Crippen molar-refractivity contribution in [2.45, 2.75) is 219 Å². The molecule has 0 aliphatic carbocycles. The molecule has 0 bridgehead atoms. The van der Waals surface area contributed by atoms with Crippen molar-refractivity contribution in [2.75, 3.05) is 6.61 Å². The maximum atomic E-state index is 13.1. The van der Waals surface area contributed by atoms with Crippen molar-refractivity contribution in [3.8, 4) is 0 Å². The molecule has 6 heteroatoms. The molecule has 3 atom stereocenters. The van der Waals surface area contributed by atoms with Crippen LogP contribution in [0.1, 0.15) is 201 Å². The number of nitrogens with one attached hydrogen (secondary N) is 1. The van der Waals surface area contributed by atoms with E-state index in [1.54, 1.807) is 0 Å². The van der Waals surface area contributed by atoms with Crippen LogP contribution in [0.4, 0.5) is 0 Å². The van der Waals surface area contributed by atoms with E-state index in [1.807, 2.05) is 48.6 Å². The molecule has 0 aliphatic rings. The molecule has 3 N–H and O–H groups in total. The summed E-state index contributed by atoms with van der Waals surface area (Å²) in [4.78, 5) is 26.0. The molecular weight excluding hydrogens is 731 g/mol. The van der Waals surface area contributed by atoms with Crippen molar-refractivity contribution in [3.63, 3.8) is 0 Å². The summed E-state index contributed by atoms with van der Waals surface area (Å²) in [6, 6.07) is -0.743. The zero-order valence-electron chi connectivity index (χ0n) is 38.1. The van der Waals surface area contributed by atoms with Gasteiger partial charge in [-0.05, 0) is 64.2 Å². The summed E-state index contributed by atoms with van der Waals surface area (Å²) in [6.07, 6.45) is 60.5. The minimum atomic E-state index is -0.822. The Balaban J connectivity index is 4.83. The van der Waals surface area contributed by atoms with Crippen LogP contribution in [0, 0.1) is 0 Å². The molecule has 0 aliphatic heterocycles. The van der Waals surface area contributed by atoms with E-state index >= 15 is 0 Å². The molecule has 3 unspecified atom stereocenters. The average molecular weight is 820 g/mol. The summed E-state index contributed by atoms with van der Waals surface area (Å²) in [5.74, 6) is -0.632. The zero-order valence-corrected chi connectivity index (χ0v) is 38.1. The molecule has 0 spiro atoms. The van der Waals surface area contributed by atoms with Crippen LogP contribution >= 0.6 is 0 Å². The van der Waals surface area contributed by atoms with Gasteiger partial charge in [0.15, 0.2) is 0 Å². The number of hydrogen-bond donors (Lipinski definition) is 3. The van der Waals surface area contributed by atoms with Gasteiger partial charge in [0.1, 0.15) is 6.10 Å². The number of allylic oxidation sites excluding steroid dienone is 15. The van der Waals surface area contributed by atoms with Gasteiger partial charge in [-0.1, -0.05) is 214 Å². The molecule has 1 amide bonds. The lowest BCUT2D eigenvalue weighted by Crippen LogP contribution is -2.46. The van der Waals surface area contributed by atoms with Gasteiger partial charge >= 0.3 is 5.97 Å². The Morgan fingerprint density at radius 3 is 1.61 bits per heavy atom. The molecule has 0 aromatic heterocycles. The second kappa shape index (κ2) is 45.9. The van der Waals surface area contributed by atoms with E-state index in [9.17, 15) is 19.8 Å². The molecule has 0 saturated carbocycles. The number of amides is 1. The first kappa shape index (κ1) is 55.8. The first-order valence-electron chi connectivity index (χ1n) is 24.0. The third kappa shape index (κ3) is 41.3. The Bertz CT molecular complexity index is 1190. The highest BCUT2D eigenvalue weighted by atomic mass is 16.5. The van der Waals surface area contributed by atoms with Crippen LogP contribution in [0.3, 0.4) is 0 Å². The van der Waals surface area contributed by atoms with Crippen molar-refractivity contribution >= 4 is 11.9 Å². The second-order valence-corrected chi connectivity index (χ2v) is 15.9. The molecule has 0 saturated heterocycles. The maximum Gasteiger partial charge on any atom is 0.306 e. The van der Waals surface area contributed by atoms with Crippen LogP contribution in [0.2, 0.25) is 0 Å². The van der Waals surface area contributed by atoms with E-state index in [-0.39, 0.29) is 24.9 Å². The Morgan fingerprint density at radius 1 is 0.542 bits per heavy atom. The highest BCUT2D eigenvalue weighted by Gasteiger charge is 2.23. The fourth-order valence-electron chi connectivity index (χ4n) is 6.60. The van der Waals surface area contributed by atoms with Gasteiger partial charge in [0.25, 0.3) is 0 Å². The number of aliphatic hydroxyl groups is 2. The number of rotatable bonds is 41. The zero-order chi connectivity index (χ0) is 43.1. The predicted molar refractivity (Wildman–Crippen MR) is 254 cm³/mol. The number of hydrogen-bond acceptors (Lipinski definition) is 5. The van der Waals surface area contributed by atoms with Crippen molar-refractivity contribution in [2.24, 2.45) is 0 Å². The van der Waals surface area contributed by atoms with E-state index in [0.29, 0.717) is 19.3 Å². The first-order chi connectivity index (χ1) is 29.0. The lowest BCUT2D eigenvalue weighted by atomic mass is 10.0. The monoisotopic (exact) mass is 820 g/mol. The fourth-order valence-corrected chi connectivity index (χ4v) is 6.60. The van der Waals surface area contributed by atoms with Gasteiger partial charge in [-0.15, -0.1) is 0 Å². The molecule has 6 nitrogen and oxygen atoms in total. The van der Waals surface area contributed by atoms with Crippen LogP contribution < -0.4 is 5.32 Å². The van der Waals surface area contributed by atoms with Crippen LogP contribution in [0.5, 0.6) is 0 Å². The summed E-state index contributed by atoms with van der Waals surface area (Å²) in [5, 5.41) is 23.6. The second-order valence-electron chi connectivity index (χ2n) is 15.9. The van der Waals surface area contributed by atoms with Gasteiger partial charge in [-0.2, -0.15) is 0 Å². The summed E-state index contributed by atoms with van der Waals surface area (Å²) < 4.78 is 5.83. The van der Waals surface area contributed by atoms with E-state index in [1.165, 1.54) is 77.0 Å². The van der Waals surface area contributed by atoms with Gasteiger partial charge in [0.2, 0.25) is 5.91 Å². The lowest BCUT2D eigenvalue weighted by molar-refractivity contribution is -0.150. The van der Waals surface area contributed by atoms with E-state index in [0.717, 1.165) is 77.0 Å². The standard InChI is InChI=1S/C53H89NO5/c1-4-7-10-13-16-19-22-25-26-28-29-32-35-38-41-44-49(59-53(58)46-43-40-37-34-31-27-23-20-17-14-11-8-5-2)47-52(57)54-50(48-55)51(56)45-42-39-36-33-30-24-21-18-15-12-9-6-3/h8,11,14,16-17,19-20,23,25-27,29,31-32,38,41,49-51,55-56H,4-7,9-10,12-13,15,18,21-22,24,28,30,33-37,39-40,42-48H2,1-3H3,(H,54,57)/b11-8+,17-14+,19-16-,23-20-,26-25-,31-27-,32-29-,41-38-. The number of ether oxygens (including phenoxy) is 1. The number of unbranched alkanes of at least 4 members (excludes halogenated alkanes) is 17. The van der Waals surface area contributed by atoms with Crippen molar-refractivity contribution in [3.05, 3.63) is 97.2 Å². The molecule has 59 heavy (non-hydrogen) atoms. The molecule has 0 fully saturated rings. The van der Waals surface area contributed by atoms with E-state index in [2.05, 4.69) is 74.7 Å². The number of aliphatic hydroxyl groups excluding tert-OH is 2. The normalized spacial score (nSPS) is 14.2. The average Bonchev–Trinajstić information content (AvgIpc) is 3.23. The third-order valence-electron chi connectivity index (χ3n) is 10.2. The van der Waals surface area contributed by atoms with Gasteiger partial charge < -0.3 is 20.3 Å². The van der Waals surface area contributed by atoms with Crippen LogP contribution in [-0.2, 0) is 14.3 Å². The van der Waals surface area contributed by atoms with Gasteiger partial charge in [0, 0.05) is 12.8 Å². The van der Waals surface area contributed by atoms with Crippen molar-refractivity contribution in [1.29, 1.82) is 0 Å². The van der Waals surface area contributed by atoms with Crippen LogP contribution in [-0.4, -0.2) is 46.9 Å². The Hall–Kier alpha value is -3.22. The fraction of sp³-hybridized carbons (Fsp3) is 0.660. The Kier molecular flexibility index (Phi) is 43.4. The Labute approximate surface area is 363 Å². The quantitative estimate of drug-likeness (QED) is 0.0247. The molecule has 0 radical (unpaired) electrons. The maximum absolute atomic E-state index is 13.1. The van der Waals surface area contributed by atoms with Crippen molar-refractivity contribution < 1.29 is 24.5 Å². The Morgan fingerprint density at radius 2 is 1.02 bits per heavy atom. The largest absolute Gasteiger partial charge is 0.461 e. The predicted octanol–water partition coefficient (Wildman–Crippen LogP) is 14.2. The number of esters is 1. The van der Waals surface area contributed by atoms with Gasteiger partial charge in [-0.3, -0.25) is 9.59 Å². The molecule has 336 valence electrons. The smallest absolute Gasteiger partial charge is 0.306 e. The summed E-state index contributed by atoms with van der Waals surface area (Å²) >= 11 is 0. The highest BCUT2D eigenvalue weighted by Crippen LogP contribution is 2.15. The minimum Gasteiger partial charge on any atom is -0.461 e. The molecule has 0 rings (SSSR count). The summed E-state index contributed by atoms with van der Waals surface area (Å²) in [5.41, 5.74) is 0. The van der Waals surface area contributed by atoms with Gasteiger partial charge in [-0.25, -0.2) is 0 Å². The molecule has 0 heterocycles.